The Hall–Kier alpha value is -1.78. The van der Waals surface area contributed by atoms with Crippen molar-refractivity contribution in [2.75, 3.05) is 19.6 Å². The van der Waals surface area contributed by atoms with Crippen LogP contribution < -0.4 is 14.9 Å². The van der Waals surface area contributed by atoms with Crippen LogP contribution in [0.5, 0.6) is 11.5 Å². The number of nitrogens with one attached hydrogen (secondary N) is 1. The fourth-order valence-corrected chi connectivity index (χ4v) is 0.940. The fourth-order valence-electron chi connectivity index (χ4n) is 0.940. The van der Waals surface area contributed by atoms with Gasteiger partial charge in [-0.1, -0.05) is 0 Å². The van der Waals surface area contributed by atoms with Crippen molar-refractivity contribution in [3.05, 3.63) is 23.1 Å². The van der Waals surface area contributed by atoms with E-state index in [1.807, 2.05) is 0 Å². The summed E-state index contributed by atoms with van der Waals surface area (Å²) in [6.45, 7) is 0. The van der Waals surface area contributed by atoms with Gasteiger partial charge in [0.2, 0.25) is 0 Å². The van der Waals surface area contributed by atoms with E-state index in [0.29, 0.717) is 17.2 Å². The smallest absolute Gasteiger partial charge is 0.147 e. The highest BCUT2D eigenvalue weighted by molar-refractivity contribution is 5.58. The molecular formula is C8H10N2O3. The molecule has 5 nitrogen and oxygen atoms in total. The van der Waals surface area contributed by atoms with Crippen LogP contribution in [0.3, 0.4) is 0 Å². The van der Waals surface area contributed by atoms with Crippen LogP contribution in [0.15, 0.2) is 23.5 Å². The number of benzene rings is 1. The molecule has 13 heavy (non-hydrogen) atoms. The summed E-state index contributed by atoms with van der Waals surface area (Å²) in [7, 11) is 3.06. The van der Waals surface area contributed by atoms with Gasteiger partial charge in [0.05, 0.1) is 19.5 Å². The summed E-state index contributed by atoms with van der Waals surface area (Å²) < 4.78 is 9.97. The molecule has 0 unspecified atom stereocenters. The molecule has 0 saturated heterocycles. The molecule has 70 valence electrons. The van der Waals surface area contributed by atoms with Crippen molar-refractivity contribution in [3.63, 3.8) is 0 Å². The van der Waals surface area contributed by atoms with Crippen LogP contribution >= 0.6 is 0 Å². The van der Waals surface area contributed by atoms with Gasteiger partial charge in [0.1, 0.15) is 17.2 Å². The van der Waals surface area contributed by atoms with E-state index in [4.69, 9.17) is 9.47 Å². The lowest BCUT2D eigenvalue weighted by atomic mass is 10.3. The lowest BCUT2D eigenvalue weighted by molar-refractivity contribution is 0.395. The molecule has 5 heteroatoms. The molecule has 0 aliphatic rings. The molecule has 0 aromatic heterocycles. The topological polar surface area (TPSA) is 59.9 Å². The predicted octanol–water partition coefficient (Wildman–Crippen LogP) is 1.80. The molecule has 1 rings (SSSR count). The molecule has 0 aliphatic carbocycles. The van der Waals surface area contributed by atoms with Crippen molar-refractivity contribution in [1.29, 1.82) is 0 Å². The van der Waals surface area contributed by atoms with Gasteiger partial charge >= 0.3 is 0 Å². The Morgan fingerprint density at radius 1 is 1.31 bits per heavy atom. The average Bonchev–Trinajstić information content (AvgIpc) is 2.19. The van der Waals surface area contributed by atoms with Crippen LogP contribution in [0.1, 0.15) is 0 Å². The van der Waals surface area contributed by atoms with Gasteiger partial charge in [-0.25, -0.2) is 5.43 Å². The molecule has 0 radical (unpaired) electrons. The first-order valence-corrected chi connectivity index (χ1v) is 3.62. The summed E-state index contributed by atoms with van der Waals surface area (Å²) in [6, 6.07) is 5.02. The number of nitroso groups, excluding NO2 is 1. The van der Waals surface area contributed by atoms with Crippen LogP contribution in [0.2, 0.25) is 0 Å². The van der Waals surface area contributed by atoms with Gasteiger partial charge in [0.25, 0.3) is 0 Å². The number of nitrogens with zero attached hydrogens (tertiary/aromatic N) is 1. The van der Waals surface area contributed by atoms with Gasteiger partial charge in [-0.3, -0.25) is 0 Å². The summed E-state index contributed by atoms with van der Waals surface area (Å²) in [5.41, 5.74) is 2.78. The summed E-state index contributed by atoms with van der Waals surface area (Å²) >= 11 is 0. The van der Waals surface area contributed by atoms with Crippen molar-refractivity contribution in [2.24, 2.45) is 5.29 Å². The second-order valence-electron chi connectivity index (χ2n) is 2.27. The van der Waals surface area contributed by atoms with Crippen LogP contribution in [0.4, 0.5) is 5.69 Å². The zero-order chi connectivity index (χ0) is 9.68. The van der Waals surface area contributed by atoms with Crippen molar-refractivity contribution >= 4 is 5.69 Å². The minimum absolute atomic E-state index is 0.512. The zero-order valence-electron chi connectivity index (χ0n) is 7.40. The molecule has 0 saturated carbocycles. The molecule has 1 aromatic rings. The van der Waals surface area contributed by atoms with E-state index in [9.17, 15) is 4.91 Å². The van der Waals surface area contributed by atoms with Gasteiger partial charge in [-0.05, 0) is 12.1 Å². The van der Waals surface area contributed by atoms with Crippen molar-refractivity contribution < 1.29 is 9.47 Å². The number of methoxy groups -OCH3 is 2. The van der Waals surface area contributed by atoms with Crippen molar-refractivity contribution in [3.8, 4) is 11.5 Å². The lowest BCUT2D eigenvalue weighted by Crippen LogP contribution is -1.93. The number of rotatable bonds is 4. The minimum Gasteiger partial charge on any atom is -0.497 e. The van der Waals surface area contributed by atoms with Gasteiger partial charge in [0, 0.05) is 6.07 Å². The molecular weight excluding hydrogens is 172 g/mol. The Balaban J connectivity index is 3.00. The molecule has 0 atom stereocenters. The summed E-state index contributed by atoms with van der Waals surface area (Å²) in [6.07, 6.45) is 0. The first-order chi connectivity index (χ1) is 6.31. The first kappa shape index (κ1) is 9.31. The molecule has 1 N–H and O–H groups in total. The van der Waals surface area contributed by atoms with Crippen molar-refractivity contribution in [1.82, 2.24) is 0 Å². The summed E-state index contributed by atoms with van der Waals surface area (Å²) in [5.74, 6) is 1.17. The predicted molar refractivity (Wildman–Crippen MR) is 49.0 cm³/mol. The Morgan fingerprint density at radius 3 is 2.62 bits per heavy atom. The molecule has 0 aliphatic heterocycles. The molecule has 1 aromatic carbocycles. The molecule has 0 heterocycles. The number of anilines is 1. The third-order valence-electron chi connectivity index (χ3n) is 1.57. The number of hydrogen-bond acceptors (Lipinski definition) is 4. The highest BCUT2D eigenvalue weighted by Crippen LogP contribution is 2.28. The second-order valence-corrected chi connectivity index (χ2v) is 2.27. The molecule has 0 amide bonds. The summed E-state index contributed by atoms with van der Waals surface area (Å²) in [4.78, 5) is 9.95. The maximum atomic E-state index is 9.95. The van der Waals surface area contributed by atoms with Crippen molar-refractivity contribution in [2.45, 2.75) is 0 Å². The Kier molecular flexibility index (Phi) is 3.08. The largest absolute Gasteiger partial charge is 0.497 e. The third-order valence-corrected chi connectivity index (χ3v) is 1.57. The fraction of sp³-hybridized carbons (Fsp3) is 0.250. The molecule has 0 bridgehead atoms. The average molecular weight is 182 g/mol. The maximum Gasteiger partial charge on any atom is 0.147 e. The Morgan fingerprint density at radius 2 is 2.08 bits per heavy atom. The van der Waals surface area contributed by atoms with Gasteiger partial charge in [-0.2, -0.15) is 0 Å². The maximum absolute atomic E-state index is 9.95. The quantitative estimate of drug-likeness (QED) is 0.569. The van der Waals surface area contributed by atoms with E-state index in [0.717, 1.165) is 0 Å². The number of hydrogen-bond donors (Lipinski definition) is 1. The van der Waals surface area contributed by atoms with E-state index in [1.165, 1.54) is 7.11 Å². The summed E-state index contributed by atoms with van der Waals surface area (Å²) in [5, 5.41) is 2.55. The first-order valence-electron chi connectivity index (χ1n) is 3.62. The van der Waals surface area contributed by atoms with E-state index >= 15 is 0 Å². The van der Waals surface area contributed by atoms with Gasteiger partial charge in [0.15, 0.2) is 0 Å². The third kappa shape index (κ3) is 2.08. The molecule has 0 fully saturated rings. The van der Waals surface area contributed by atoms with E-state index in [1.54, 1.807) is 25.3 Å². The van der Waals surface area contributed by atoms with E-state index < -0.39 is 0 Å². The normalized spacial score (nSPS) is 9.08. The van der Waals surface area contributed by atoms with Crippen LogP contribution in [-0.4, -0.2) is 14.2 Å². The Bertz CT molecular complexity index is 301. The Labute approximate surface area is 75.6 Å². The van der Waals surface area contributed by atoms with Crippen LogP contribution in [0.25, 0.3) is 0 Å². The number of ether oxygens (including phenoxy) is 2. The SMILES string of the molecule is COc1ccc(NN=O)c(OC)c1. The zero-order valence-corrected chi connectivity index (χ0v) is 7.40. The van der Waals surface area contributed by atoms with E-state index in [2.05, 4.69) is 10.7 Å². The highest BCUT2D eigenvalue weighted by Gasteiger charge is 2.03. The monoisotopic (exact) mass is 182 g/mol. The minimum atomic E-state index is 0.512. The van der Waals surface area contributed by atoms with Gasteiger partial charge < -0.3 is 9.47 Å². The standard InChI is InChI=1S/C8H10N2O3/c1-12-6-3-4-7(9-10-11)8(5-6)13-2/h3-5H,1-2H3,(H,9,11). The highest BCUT2D eigenvalue weighted by atomic mass is 16.5. The lowest BCUT2D eigenvalue weighted by Gasteiger charge is -2.07. The van der Waals surface area contributed by atoms with Crippen LogP contribution in [0, 0.1) is 4.91 Å². The van der Waals surface area contributed by atoms with E-state index in [-0.39, 0.29) is 0 Å². The second kappa shape index (κ2) is 4.30. The van der Waals surface area contributed by atoms with Gasteiger partial charge in [-0.15, -0.1) is 4.91 Å². The molecule has 0 spiro atoms. The van der Waals surface area contributed by atoms with Crippen LogP contribution in [-0.2, 0) is 0 Å².